The molecule has 0 bridgehead atoms. The van der Waals surface area contributed by atoms with E-state index < -0.39 is 0 Å². The van der Waals surface area contributed by atoms with Crippen LogP contribution in [-0.4, -0.2) is 24.1 Å². The largest absolute Gasteiger partial charge is 3.00 e. The Hall–Kier alpha value is -2.02. The van der Waals surface area contributed by atoms with E-state index in [1.165, 1.54) is 0 Å². The van der Waals surface area contributed by atoms with Crippen LogP contribution in [0.3, 0.4) is 0 Å². The minimum Gasteiger partial charge on any atom is -1.00 e. The molecule has 5 aromatic rings. The van der Waals surface area contributed by atoms with Crippen LogP contribution >= 0.6 is 0 Å². The molecule has 0 aliphatic carbocycles. The molecule has 3 heterocycles. The normalized spacial score (nSPS) is 10.2. The van der Waals surface area contributed by atoms with Gasteiger partial charge < -0.3 is 46.4 Å². The molecule has 34 heavy (non-hydrogen) atoms. The molecule has 0 aliphatic rings. The predicted molar refractivity (Wildman–Crippen MR) is 122 cm³/mol. The van der Waals surface area contributed by atoms with E-state index in [-0.39, 0.29) is 55.8 Å². The molecule has 3 aromatic heterocycles. The molecule has 0 saturated heterocycles. The number of benzene rings is 2. The summed E-state index contributed by atoms with van der Waals surface area (Å²) in [5, 5.41) is 0. The van der Waals surface area contributed by atoms with Crippen LogP contribution in [-0.2, 0) is 31.6 Å². The molecule has 0 N–H and O–H groups in total. The molecule has 0 fully saturated rings. The molecular weight excluding hydrogens is 528 g/mol. The SMILES string of the molecule is CCCn1c(-c2cccc(-c3nc4ccccc4n3CCC)n2)nc2ccccc21.[Cl-].[Cl-].[Cl-].[V+3]. The van der Waals surface area contributed by atoms with Crippen LogP contribution in [0.2, 0.25) is 0 Å². The van der Waals surface area contributed by atoms with E-state index in [1.807, 2.05) is 24.3 Å². The number of para-hydroxylation sites is 4. The topological polar surface area (TPSA) is 48.5 Å². The molecule has 0 saturated carbocycles. The third kappa shape index (κ3) is 5.45. The van der Waals surface area contributed by atoms with Gasteiger partial charge in [-0.3, -0.25) is 0 Å². The second-order valence-corrected chi connectivity index (χ2v) is 7.56. The Kier molecular flexibility index (Phi) is 11.6. The van der Waals surface area contributed by atoms with Crippen molar-refractivity contribution < 1.29 is 55.8 Å². The van der Waals surface area contributed by atoms with Crippen molar-refractivity contribution in [3.05, 3.63) is 66.7 Å². The van der Waals surface area contributed by atoms with Gasteiger partial charge in [-0.05, 0) is 49.2 Å². The Balaban J connectivity index is 0.00000144. The predicted octanol–water partition coefficient (Wildman–Crippen LogP) is -3.06. The quantitative estimate of drug-likeness (QED) is 0.225. The second kappa shape index (κ2) is 13.2. The van der Waals surface area contributed by atoms with Crippen LogP contribution in [0.25, 0.3) is 45.1 Å². The molecule has 0 radical (unpaired) electrons. The molecule has 0 unspecified atom stereocenters. The molecule has 0 amide bonds. The molecule has 2 aromatic carbocycles. The number of rotatable bonds is 6. The average Bonchev–Trinajstić information content (AvgIpc) is 3.34. The van der Waals surface area contributed by atoms with E-state index >= 15 is 0 Å². The van der Waals surface area contributed by atoms with Crippen molar-refractivity contribution in [3.8, 4) is 23.0 Å². The van der Waals surface area contributed by atoms with Crippen molar-refractivity contribution in [2.75, 3.05) is 0 Å². The number of aryl methyl sites for hydroxylation is 2. The number of halogens is 3. The molecule has 0 spiro atoms. The van der Waals surface area contributed by atoms with E-state index in [1.54, 1.807) is 0 Å². The summed E-state index contributed by atoms with van der Waals surface area (Å²) >= 11 is 0. The first-order chi connectivity index (χ1) is 14.8. The van der Waals surface area contributed by atoms with Crippen LogP contribution < -0.4 is 37.2 Å². The zero-order valence-corrected chi connectivity index (χ0v) is 22.7. The number of fused-ring (bicyclic) bond motifs is 2. The standard InChI is InChI=1S/C25H25N5.3ClH.V/c1-3-16-29-22-14-7-5-10-18(22)27-24(29)20-12-9-13-21(26-20)25-28-19-11-6-8-15-23(19)30(25)17-4-2;;;;/h5-15H,3-4,16-17H2,1-2H3;3*1H;/q;;;;+3/p-3. The Labute approximate surface area is 230 Å². The maximum Gasteiger partial charge on any atom is 3.00 e. The van der Waals surface area contributed by atoms with Crippen molar-refractivity contribution >= 4 is 22.1 Å². The first-order valence-corrected chi connectivity index (χ1v) is 10.7. The minimum absolute atomic E-state index is 0. The molecule has 9 heteroatoms. The van der Waals surface area contributed by atoms with E-state index in [0.29, 0.717) is 0 Å². The van der Waals surface area contributed by atoms with Gasteiger partial charge in [0.2, 0.25) is 0 Å². The van der Waals surface area contributed by atoms with Crippen molar-refractivity contribution in [3.63, 3.8) is 0 Å². The van der Waals surface area contributed by atoms with E-state index in [9.17, 15) is 0 Å². The molecule has 176 valence electrons. The fourth-order valence-electron chi connectivity index (χ4n) is 4.13. The summed E-state index contributed by atoms with van der Waals surface area (Å²) in [6, 6.07) is 22.7. The number of imidazole rings is 2. The van der Waals surface area contributed by atoms with Gasteiger partial charge in [0.1, 0.15) is 11.4 Å². The fraction of sp³-hybridized carbons (Fsp3) is 0.240. The molecule has 0 aliphatic heterocycles. The van der Waals surface area contributed by atoms with Crippen molar-refractivity contribution in [2.24, 2.45) is 0 Å². The summed E-state index contributed by atoms with van der Waals surface area (Å²) in [6.45, 7) is 6.21. The number of hydrogen-bond donors (Lipinski definition) is 0. The summed E-state index contributed by atoms with van der Waals surface area (Å²) in [6.07, 6.45) is 2.08. The van der Waals surface area contributed by atoms with Gasteiger partial charge in [0, 0.05) is 13.1 Å². The maximum atomic E-state index is 5.02. The van der Waals surface area contributed by atoms with Gasteiger partial charge in [0.25, 0.3) is 0 Å². The zero-order chi connectivity index (χ0) is 20.5. The van der Waals surface area contributed by atoms with Gasteiger partial charge in [-0.2, -0.15) is 0 Å². The van der Waals surface area contributed by atoms with Gasteiger partial charge in [-0.1, -0.05) is 44.2 Å². The first kappa shape index (κ1) is 30.0. The monoisotopic (exact) mass is 551 g/mol. The smallest absolute Gasteiger partial charge is 1.00 e. The average molecular weight is 553 g/mol. The minimum atomic E-state index is 0. The Morgan fingerprint density at radius 2 is 0.971 bits per heavy atom. The number of pyridine rings is 1. The maximum absolute atomic E-state index is 5.02. The van der Waals surface area contributed by atoms with E-state index in [2.05, 4.69) is 65.4 Å². The van der Waals surface area contributed by atoms with Gasteiger partial charge in [-0.15, -0.1) is 0 Å². The molecule has 0 atom stereocenters. The summed E-state index contributed by atoms with van der Waals surface area (Å²) in [5.41, 5.74) is 6.08. The fourth-order valence-corrected chi connectivity index (χ4v) is 4.13. The molecular formula is C25H25Cl3N5V. The number of aromatic nitrogens is 5. The third-order valence-electron chi connectivity index (χ3n) is 5.41. The van der Waals surface area contributed by atoms with Gasteiger partial charge in [-0.25, -0.2) is 15.0 Å². The van der Waals surface area contributed by atoms with Crippen molar-refractivity contribution in [1.82, 2.24) is 24.1 Å². The zero-order valence-electron chi connectivity index (χ0n) is 19.0. The van der Waals surface area contributed by atoms with Gasteiger partial charge >= 0.3 is 18.6 Å². The van der Waals surface area contributed by atoms with Crippen LogP contribution in [0.4, 0.5) is 0 Å². The van der Waals surface area contributed by atoms with Crippen molar-refractivity contribution in [1.29, 1.82) is 0 Å². The van der Waals surface area contributed by atoms with E-state index in [0.717, 1.165) is 71.0 Å². The van der Waals surface area contributed by atoms with Crippen molar-refractivity contribution in [2.45, 2.75) is 39.8 Å². The summed E-state index contributed by atoms with van der Waals surface area (Å²) in [4.78, 5) is 14.8. The Bertz CT molecular complexity index is 1250. The third-order valence-corrected chi connectivity index (χ3v) is 5.41. The Morgan fingerprint density at radius 3 is 1.38 bits per heavy atom. The second-order valence-electron chi connectivity index (χ2n) is 7.56. The van der Waals surface area contributed by atoms with Gasteiger partial charge in [0.15, 0.2) is 11.6 Å². The van der Waals surface area contributed by atoms with E-state index in [4.69, 9.17) is 15.0 Å². The molecule has 5 rings (SSSR count). The first-order valence-electron chi connectivity index (χ1n) is 10.7. The van der Waals surface area contributed by atoms with Crippen LogP contribution in [0, 0.1) is 0 Å². The summed E-state index contributed by atoms with van der Waals surface area (Å²) in [5.74, 6) is 1.83. The number of nitrogens with zero attached hydrogens (tertiary/aromatic N) is 5. The summed E-state index contributed by atoms with van der Waals surface area (Å²) < 4.78 is 4.55. The van der Waals surface area contributed by atoms with Crippen LogP contribution in [0.5, 0.6) is 0 Å². The Morgan fingerprint density at radius 1 is 0.559 bits per heavy atom. The molecule has 5 nitrogen and oxygen atoms in total. The van der Waals surface area contributed by atoms with Crippen LogP contribution in [0.1, 0.15) is 26.7 Å². The van der Waals surface area contributed by atoms with Gasteiger partial charge in [0.05, 0.1) is 22.1 Å². The van der Waals surface area contributed by atoms with Crippen LogP contribution in [0.15, 0.2) is 66.7 Å². The number of hydrogen-bond acceptors (Lipinski definition) is 3. The summed E-state index contributed by atoms with van der Waals surface area (Å²) in [7, 11) is 0.